The molecular formula is C15H12BrFN2S. The van der Waals surface area contributed by atoms with Gasteiger partial charge in [-0.2, -0.15) is 0 Å². The molecule has 1 N–H and O–H groups in total. The fourth-order valence-corrected chi connectivity index (χ4v) is 3.41. The lowest BCUT2D eigenvalue weighted by Gasteiger charge is -2.08. The molecule has 1 heterocycles. The van der Waals surface area contributed by atoms with Gasteiger partial charge in [0.05, 0.1) is 11.7 Å². The van der Waals surface area contributed by atoms with Crippen LogP contribution in [-0.2, 0) is 0 Å². The first kappa shape index (κ1) is 13.6. The van der Waals surface area contributed by atoms with E-state index >= 15 is 0 Å². The number of anilines is 1. The predicted octanol–water partition coefficient (Wildman–Crippen LogP) is 4.84. The van der Waals surface area contributed by atoms with Gasteiger partial charge in [-0.3, -0.25) is 4.99 Å². The third-order valence-corrected chi connectivity index (χ3v) is 4.65. The van der Waals surface area contributed by atoms with Gasteiger partial charge in [-0.15, -0.1) is 0 Å². The van der Waals surface area contributed by atoms with Crippen LogP contribution in [-0.4, -0.2) is 10.9 Å². The van der Waals surface area contributed by atoms with Crippen LogP contribution in [0.3, 0.4) is 0 Å². The molecule has 0 amide bonds. The fraction of sp³-hybridized carbons (Fsp3) is 0.133. The maximum Gasteiger partial charge on any atom is 0.161 e. The van der Waals surface area contributed by atoms with Gasteiger partial charge in [0.2, 0.25) is 0 Å². The summed E-state index contributed by atoms with van der Waals surface area (Å²) in [4.78, 5) is 4.62. The number of hydrogen-bond acceptors (Lipinski definition) is 3. The molecule has 0 fully saturated rings. The van der Waals surface area contributed by atoms with Crippen LogP contribution in [0.25, 0.3) is 0 Å². The maximum absolute atomic E-state index is 13.8. The van der Waals surface area contributed by atoms with Gasteiger partial charge in [-0.05, 0) is 33.6 Å². The predicted molar refractivity (Wildman–Crippen MR) is 86.8 cm³/mol. The number of thioether (sulfide) groups is 1. The number of para-hydroxylation sites is 1. The molecule has 0 saturated heterocycles. The summed E-state index contributed by atoms with van der Waals surface area (Å²) in [7, 11) is 0. The van der Waals surface area contributed by atoms with Crippen LogP contribution in [0.1, 0.15) is 11.6 Å². The van der Waals surface area contributed by atoms with Crippen molar-refractivity contribution in [3.05, 3.63) is 64.4 Å². The Morgan fingerprint density at radius 1 is 1.15 bits per heavy atom. The molecule has 20 heavy (non-hydrogen) atoms. The molecule has 0 spiro atoms. The van der Waals surface area contributed by atoms with E-state index in [4.69, 9.17) is 0 Å². The van der Waals surface area contributed by atoms with E-state index in [0.717, 1.165) is 10.9 Å². The highest BCUT2D eigenvalue weighted by atomic mass is 79.9. The summed E-state index contributed by atoms with van der Waals surface area (Å²) >= 11 is 4.96. The quantitative estimate of drug-likeness (QED) is 0.837. The molecule has 5 heteroatoms. The van der Waals surface area contributed by atoms with E-state index < -0.39 is 0 Å². The van der Waals surface area contributed by atoms with E-state index in [9.17, 15) is 4.39 Å². The van der Waals surface area contributed by atoms with Crippen LogP contribution in [0, 0.1) is 5.82 Å². The van der Waals surface area contributed by atoms with Crippen molar-refractivity contribution in [1.29, 1.82) is 0 Å². The Morgan fingerprint density at radius 2 is 1.95 bits per heavy atom. The summed E-state index contributed by atoms with van der Waals surface area (Å²) in [6.07, 6.45) is 0. The van der Waals surface area contributed by atoms with Crippen molar-refractivity contribution in [3.8, 4) is 0 Å². The minimum atomic E-state index is -0.286. The van der Waals surface area contributed by atoms with Gasteiger partial charge >= 0.3 is 0 Å². The molecule has 3 rings (SSSR count). The summed E-state index contributed by atoms with van der Waals surface area (Å²) in [5.74, 6) is 0.587. The SMILES string of the molecule is Fc1cccc(Br)c1NC1=NC(c2ccccc2)CS1. The number of nitrogens with zero attached hydrogens (tertiary/aromatic N) is 1. The van der Waals surface area contributed by atoms with Crippen molar-refractivity contribution in [2.24, 2.45) is 4.99 Å². The van der Waals surface area contributed by atoms with Crippen LogP contribution < -0.4 is 5.32 Å². The lowest BCUT2D eigenvalue weighted by molar-refractivity contribution is 0.631. The third kappa shape index (κ3) is 2.88. The van der Waals surface area contributed by atoms with Crippen molar-refractivity contribution in [2.75, 3.05) is 11.1 Å². The molecule has 0 aromatic heterocycles. The van der Waals surface area contributed by atoms with Crippen molar-refractivity contribution in [3.63, 3.8) is 0 Å². The largest absolute Gasteiger partial charge is 0.332 e. The Morgan fingerprint density at radius 3 is 2.70 bits per heavy atom. The van der Waals surface area contributed by atoms with Gasteiger partial charge in [0.25, 0.3) is 0 Å². The number of nitrogens with one attached hydrogen (secondary N) is 1. The van der Waals surface area contributed by atoms with Gasteiger partial charge in [0, 0.05) is 10.2 Å². The Kier molecular flexibility index (Phi) is 4.08. The highest BCUT2D eigenvalue weighted by molar-refractivity contribution is 9.10. The first-order valence-electron chi connectivity index (χ1n) is 6.20. The van der Waals surface area contributed by atoms with Gasteiger partial charge in [0.15, 0.2) is 5.17 Å². The van der Waals surface area contributed by atoms with Crippen molar-refractivity contribution in [1.82, 2.24) is 0 Å². The number of aliphatic imine (C=N–C) groups is 1. The number of benzene rings is 2. The maximum atomic E-state index is 13.8. The molecule has 2 aromatic carbocycles. The summed E-state index contributed by atoms with van der Waals surface area (Å²) in [6.45, 7) is 0. The van der Waals surface area contributed by atoms with E-state index in [2.05, 4.69) is 38.4 Å². The van der Waals surface area contributed by atoms with Crippen molar-refractivity contribution in [2.45, 2.75) is 6.04 Å². The van der Waals surface area contributed by atoms with E-state index in [1.165, 1.54) is 11.6 Å². The third-order valence-electron chi connectivity index (χ3n) is 3.03. The number of rotatable bonds is 2. The normalized spacial score (nSPS) is 17.9. The second kappa shape index (κ2) is 5.97. The monoisotopic (exact) mass is 350 g/mol. The average Bonchev–Trinajstić information content (AvgIpc) is 2.93. The van der Waals surface area contributed by atoms with Gasteiger partial charge in [0.1, 0.15) is 5.82 Å². The first-order valence-corrected chi connectivity index (χ1v) is 7.98. The molecule has 1 aliphatic heterocycles. The zero-order valence-corrected chi connectivity index (χ0v) is 12.9. The Hall–Kier alpha value is -1.33. The molecule has 0 bridgehead atoms. The van der Waals surface area contributed by atoms with Crippen LogP contribution in [0.4, 0.5) is 10.1 Å². The highest BCUT2D eigenvalue weighted by Gasteiger charge is 2.21. The van der Waals surface area contributed by atoms with Crippen molar-refractivity contribution >= 4 is 38.5 Å². The van der Waals surface area contributed by atoms with Crippen LogP contribution in [0.15, 0.2) is 58.0 Å². The Bertz CT molecular complexity index is 625. The van der Waals surface area contributed by atoms with Crippen LogP contribution >= 0.6 is 27.7 Å². The van der Waals surface area contributed by atoms with E-state index in [1.54, 1.807) is 23.9 Å². The minimum absolute atomic E-state index is 0.134. The lowest BCUT2D eigenvalue weighted by atomic mass is 10.1. The van der Waals surface area contributed by atoms with Gasteiger partial charge < -0.3 is 5.32 Å². The fourth-order valence-electron chi connectivity index (χ4n) is 2.01. The molecule has 2 nitrogen and oxygen atoms in total. The zero-order valence-electron chi connectivity index (χ0n) is 10.5. The highest BCUT2D eigenvalue weighted by Crippen LogP contribution is 2.33. The molecule has 2 aromatic rings. The number of hydrogen-bond donors (Lipinski definition) is 1. The molecule has 102 valence electrons. The van der Waals surface area contributed by atoms with Gasteiger partial charge in [-0.1, -0.05) is 48.2 Å². The van der Waals surface area contributed by atoms with E-state index in [-0.39, 0.29) is 11.9 Å². The lowest BCUT2D eigenvalue weighted by Crippen LogP contribution is -2.07. The molecule has 1 unspecified atom stereocenters. The topological polar surface area (TPSA) is 24.4 Å². The van der Waals surface area contributed by atoms with E-state index in [0.29, 0.717) is 10.2 Å². The molecule has 0 saturated carbocycles. The Balaban J connectivity index is 1.80. The van der Waals surface area contributed by atoms with Crippen molar-refractivity contribution < 1.29 is 4.39 Å². The molecule has 0 aliphatic carbocycles. The molecule has 1 atom stereocenters. The molecule has 0 radical (unpaired) electrons. The number of amidine groups is 1. The summed E-state index contributed by atoms with van der Waals surface area (Å²) in [6, 6.07) is 15.2. The van der Waals surface area contributed by atoms with Crippen LogP contribution in [0.5, 0.6) is 0 Å². The summed E-state index contributed by atoms with van der Waals surface area (Å²) in [5, 5.41) is 3.82. The average molecular weight is 351 g/mol. The number of halogens is 2. The van der Waals surface area contributed by atoms with E-state index in [1.807, 2.05) is 18.2 Å². The zero-order chi connectivity index (χ0) is 13.9. The molecular weight excluding hydrogens is 339 g/mol. The summed E-state index contributed by atoms with van der Waals surface area (Å²) < 4.78 is 14.5. The smallest absolute Gasteiger partial charge is 0.161 e. The minimum Gasteiger partial charge on any atom is -0.332 e. The first-order chi connectivity index (χ1) is 9.74. The molecule has 1 aliphatic rings. The second-order valence-corrected chi connectivity index (χ2v) is 6.26. The van der Waals surface area contributed by atoms with Gasteiger partial charge in [-0.25, -0.2) is 4.39 Å². The Labute approximate surface area is 129 Å². The van der Waals surface area contributed by atoms with Crippen LogP contribution in [0.2, 0.25) is 0 Å². The summed E-state index contributed by atoms with van der Waals surface area (Å²) in [5.41, 5.74) is 1.62. The standard InChI is InChI=1S/C15H12BrFN2S/c16-11-7-4-8-12(17)14(11)19-15-18-13(9-20-15)10-5-2-1-3-6-10/h1-8,13H,9H2,(H,18,19). The second-order valence-electron chi connectivity index (χ2n) is 4.39.